The van der Waals surface area contributed by atoms with Crippen LogP contribution in [0.15, 0.2) is 57.5 Å². The summed E-state index contributed by atoms with van der Waals surface area (Å²) < 4.78 is 5.22. The van der Waals surface area contributed by atoms with E-state index in [0.29, 0.717) is 22.4 Å². The lowest BCUT2D eigenvalue weighted by Gasteiger charge is -2.14. The summed E-state index contributed by atoms with van der Waals surface area (Å²) in [5.74, 6) is 1.29. The molecule has 3 rings (SSSR count). The van der Waals surface area contributed by atoms with Gasteiger partial charge in [0.15, 0.2) is 11.6 Å². The Labute approximate surface area is 183 Å². The van der Waals surface area contributed by atoms with E-state index in [1.165, 1.54) is 11.3 Å². The number of nitrogens with one attached hydrogen (secondary N) is 2. The minimum atomic E-state index is -0.559. The Hall–Kier alpha value is -2.97. The second kappa shape index (κ2) is 9.69. The Balaban J connectivity index is 1.87. The number of allylic oxidation sites excluding steroid dienone is 4. The van der Waals surface area contributed by atoms with Gasteiger partial charge >= 0.3 is 5.76 Å². The molecule has 7 nitrogen and oxygen atoms in total. The van der Waals surface area contributed by atoms with Crippen molar-refractivity contribution in [1.29, 1.82) is 0 Å². The van der Waals surface area contributed by atoms with Gasteiger partial charge in [0.2, 0.25) is 0 Å². The van der Waals surface area contributed by atoms with E-state index in [1.54, 1.807) is 6.08 Å². The highest BCUT2D eigenvalue weighted by atomic mass is 35.5. The number of halogens is 1. The minimum absolute atomic E-state index is 0.475. The lowest BCUT2D eigenvalue weighted by molar-refractivity contribution is 0.382. The Kier molecular flexibility index (Phi) is 7.02. The van der Waals surface area contributed by atoms with Crippen molar-refractivity contribution < 1.29 is 4.52 Å². The van der Waals surface area contributed by atoms with Gasteiger partial charge in [-0.15, -0.1) is 11.3 Å². The summed E-state index contributed by atoms with van der Waals surface area (Å²) >= 11 is 7.52. The van der Waals surface area contributed by atoms with E-state index >= 15 is 0 Å². The molecule has 0 spiro atoms. The molecule has 0 bridgehead atoms. The van der Waals surface area contributed by atoms with Gasteiger partial charge in [0, 0.05) is 23.4 Å². The van der Waals surface area contributed by atoms with E-state index in [1.807, 2.05) is 38.1 Å². The third-order valence-electron chi connectivity index (χ3n) is 4.32. The average molecular weight is 444 g/mol. The zero-order chi connectivity index (χ0) is 21.7. The number of anilines is 1. The molecule has 0 aliphatic heterocycles. The summed E-state index contributed by atoms with van der Waals surface area (Å²) in [5.41, 5.74) is 3.73. The largest absolute Gasteiger partial charge is 0.438 e. The summed E-state index contributed by atoms with van der Waals surface area (Å²) in [6, 6.07) is 3.76. The number of hydrogen-bond donors (Lipinski definition) is 2. The molecule has 0 atom stereocenters. The first-order valence-electron chi connectivity index (χ1n) is 9.34. The summed E-state index contributed by atoms with van der Waals surface area (Å²) in [4.78, 5) is 23.9. The highest BCUT2D eigenvalue weighted by Gasteiger charge is 2.13. The maximum absolute atomic E-state index is 11.0. The molecular formula is C21H22ClN5O2S. The Morgan fingerprint density at radius 3 is 2.77 bits per heavy atom. The highest BCUT2D eigenvalue weighted by Crippen LogP contribution is 2.31. The monoisotopic (exact) mass is 443 g/mol. The van der Waals surface area contributed by atoms with Crippen LogP contribution in [0, 0.1) is 6.92 Å². The molecule has 0 saturated carbocycles. The van der Waals surface area contributed by atoms with Gasteiger partial charge in [-0.2, -0.15) is 0 Å². The highest BCUT2D eigenvalue weighted by molar-refractivity contribution is 7.19. The Morgan fingerprint density at radius 1 is 1.37 bits per heavy atom. The standard InChI is InChI=1S/C21H22ClN5O2S/c1-5-14(8-7-12(3)11-18-25-21(28)29-27-18)24-19-15(6-2)13(4)23-20(26-19)16-9-10-17(22)30-16/h5,7-10H,1,6,11H2,2-4H3,(H,23,24,26)(H,25,27,28)/b12-7+,14-8+. The van der Waals surface area contributed by atoms with Crippen LogP contribution in [0.25, 0.3) is 10.7 Å². The van der Waals surface area contributed by atoms with Crippen molar-refractivity contribution in [3.05, 3.63) is 80.2 Å². The van der Waals surface area contributed by atoms with Gasteiger partial charge in [0.25, 0.3) is 0 Å². The molecule has 0 aromatic carbocycles. The predicted molar refractivity (Wildman–Crippen MR) is 121 cm³/mol. The molecule has 0 saturated heterocycles. The summed E-state index contributed by atoms with van der Waals surface area (Å²) in [6.07, 6.45) is 6.82. The number of aryl methyl sites for hydroxylation is 1. The second-order valence-electron chi connectivity index (χ2n) is 6.60. The third kappa shape index (κ3) is 5.34. The van der Waals surface area contributed by atoms with Gasteiger partial charge in [-0.05, 0) is 44.6 Å². The van der Waals surface area contributed by atoms with E-state index in [-0.39, 0.29) is 0 Å². The van der Waals surface area contributed by atoms with Gasteiger partial charge in [-0.25, -0.2) is 14.8 Å². The molecular weight excluding hydrogens is 422 g/mol. The van der Waals surface area contributed by atoms with E-state index in [2.05, 4.69) is 38.5 Å². The first kappa shape index (κ1) is 21.7. The van der Waals surface area contributed by atoms with Gasteiger partial charge < -0.3 is 5.32 Å². The van der Waals surface area contributed by atoms with Crippen molar-refractivity contribution in [3.63, 3.8) is 0 Å². The first-order chi connectivity index (χ1) is 14.4. The van der Waals surface area contributed by atoms with Crippen molar-refractivity contribution in [1.82, 2.24) is 20.1 Å². The van der Waals surface area contributed by atoms with Crippen LogP contribution in [-0.4, -0.2) is 20.1 Å². The molecule has 3 heterocycles. The van der Waals surface area contributed by atoms with Crippen LogP contribution in [0.3, 0.4) is 0 Å². The summed E-state index contributed by atoms with van der Waals surface area (Å²) in [7, 11) is 0. The maximum atomic E-state index is 11.0. The van der Waals surface area contributed by atoms with Crippen LogP contribution >= 0.6 is 22.9 Å². The van der Waals surface area contributed by atoms with Crippen LogP contribution in [-0.2, 0) is 12.8 Å². The van der Waals surface area contributed by atoms with E-state index in [4.69, 9.17) is 16.6 Å². The molecule has 0 unspecified atom stereocenters. The SMILES string of the molecule is C=C/C(=C\C=C(/C)Cc1noc(=O)[nH]1)Nc1nc(-c2ccc(Cl)s2)nc(C)c1CC. The molecule has 2 N–H and O–H groups in total. The number of nitrogens with zero attached hydrogens (tertiary/aromatic N) is 3. The number of thiophene rings is 1. The molecule has 0 radical (unpaired) electrons. The maximum Gasteiger partial charge on any atom is 0.438 e. The van der Waals surface area contributed by atoms with Crippen molar-refractivity contribution in [2.24, 2.45) is 0 Å². The van der Waals surface area contributed by atoms with Crippen molar-refractivity contribution in [2.45, 2.75) is 33.6 Å². The molecule has 30 heavy (non-hydrogen) atoms. The van der Waals surface area contributed by atoms with Crippen LogP contribution in [0.5, 0.6) is 0 Å². The molecule has 0 aliphatic rings. The van der Waals surface area contributed by atoms with Gasteiger partial charge in [0.05, 0.1) is 9.21 Å². The third-order valence-corrected chi connectivity index (χ3v) is 5.55. The number of rotatable bonds is 8. The van der Waals surface area contributed by atoms with E-state index < -0.39 is 5.76 Å². The first-order valence-corrected chi connectivity index (χ1v) is 10.5. The average Bonchev–Trinajstić information content (AvgIpc) is 3.32. The van der Waals surface area contributed by atoms with E-state index in [9.17, 15) is 4.79 Å². The number of aromatic amines is 1. The van der Waals surface area contributed by atoms with Crippen LogP contribution in [0.4, 0.5) is 5.82 Å². The van der Waals surface area contributed by atoms with Crippen LogP contribution < -0.4 is 11.1 Å². The molecule has 3 aromatic heterocycles. The fraction of sp³-hybridized carbons (Fsp3) is 0.238. The Morgan fingerprint density at radius 2 is 2.17 bits per heavy atom. The lowest BCUT2D eigenvalue weighted by Crippen LogP contribution is -2.07. The molecule has 9 heteroatoms. The lowest BCUT2D eigenvalue weighted by atomic mass is 10.1. The van der Waals surface area contributed by atoms with E-state index in [0.717, 1.165) is 39.6 Å². The topological polar surface area (TPSA) is 96.7 Å². The molecule has 3 aromatic rings. The zero-order valence-electron chi connectivity index (χ0n) is 17.0. The van der Waals surface area contributed by atoms with Crippen molar-refractivity contribution in [2.75, 3.05) is 5.32 Å². The smallest absolute Gasteiger partial charge is 0.340 e. The minimum Gasteiger partial charge on any atom is -0.340 e. The van der Waals surface area contributed by atoms with Crippen LogP contribution in [0.1, 0.15) is 30.9 Å². The van der Waals surface area contributed by atoms with Gasteiger partial charge in [-0.1, -0.05) is 41.9 Å². The zero-order valence-corrected chi connectivity index (χ0v) is 18.5. The second-order valence-corrected chi connectivity index (χ2v) is 8.31. The number of H-pyrrole nitrogens is 1. The predicted octanol–water partition coefficient (Wildman–Crippen LogP) is 5.08. The fourth-order valence-corrected chi connectivity index (χ4v) is 3.83. The summed E-state index contributed by atoms with van der Waals surface area (Å²) in [5, 5.41) is 7.03. The molecule has 156 valence electrons. The van der Waals surface area contributed by atoms with Gasteiger partial charge in [-0.3, -0.25) is 9.51 Å². The molecule has 0 fully saturated rings. The Bertz CT molecular complexity index is 1170. The quantitative estimate of drug-likeness (QED) is 0.471. The summed E-state index contributed by atoms with van der Waals surface area (Å²) in [6.45, 7) is 9.87. The molecule has 0 aliphatic carbocycles. The molecule has 0 amide bonds. The van der Waals surface area contributed by atoms with Crippen LogP contribution in [0.2, 0.25) is 4.34 Å². The van der Waals surface area contributed by atoms with Crippen molar-refractivity contribution in [3.8, 4) is 10.7 Å². The number of aromatic nitrogens is 4. The fourth-order valence-electron chi connectivity index (χ4n) is 2.86. The van der Waals surface area contributed by atoms with Crippen molar-refractivity contribution >= 4 is 28.8 Å². The number of hydrogen-bond acceptors (Lipinski definition) is 7. The normalized spacial score (nSPS) is 12.3. The van der Waals surface area contributed by atoms with Gasteiger partial charge in [0.1, 0.15) is 5.82 Å².